The summed E-state index contributed by atoms with van der Waals surface area (Å²) in [7, 11) is 0. The van der Waals surface area contributed by atoms with Gasteiger partial charge in [0.25, 0.3) is 0 Å². The van der Waals surface area contributed by atoms with Crippen LogP contribution in [0.4, 0.5) is 26.3 Å². The minimum absolute atomic E-state index is 0.0570. The van der Waals surface area contributed by atoms with Gasteiger partial charge < -0.3 is 5.32 Å². The number of halogens is 6. The Labute approximate surface area is 135 Å². The maximum atomic E-state index is 12.9. The average Bonchev–Trinajstić information content (AvgIpc) is 2.92. The number of alkyl halides is 6. The molecule has 3 rings (SSSR count). The Morgan fingerprint density at radius 3 is 2.17 bits per heavy atom. The van der Waals surface area contributed by atoms with Crippen molar-refractivity contribution in [3.63, 3.8) is 0 Å². The molecule has 2 aliphatic rings. The second-order valence-corrected chi connectivity index (χ2v) is 6.55. The van der Waals surface area contributed by atoms with Crippen LogP contribution in [-0.2, 0) is 18.9 Å². The maximum Gasteiger partial charge on any atom is 0.416 e. The van der Waals surface area contributed by atoms with Gasteiger partial charge in [-0.05, 0) is 55.6 Å². The summed E-state index contributed by atoms with van der Waals surface area (Å²) in [5.41, 5.74) is -2.43. The molecule has 2 aliphatic heterocycles. The van der Waals surface area contributed by atoms with Gasteiger partial charge in [-0.3, -0.25) is 4.90 Å². The van der Waals surface area contributed by atoms with Gasteiger partial charge in [0, 0.05) is 19.1 Å². The van der Waals surface area contributed by atoms with Crippen molar-refractivity contribution in [1.29, 1.82) is 0 Å². The zero-order valence-electron chi connectivity index (χ0n) is 12.8. The fourth-order valence-electron chi connectivity index (χ4n) is 3.64. The molecule has 2 fully saturated rings. The van der Waals surface area contributed by atoms with E-state index < -0.39 is 23.5 Å². The Hall–Kier alpha value is -1.28. The van der Waals surface area contributed by atoms with Gasteiger partial charge in [-0.25, -0.2) is 0 Å². The van der Waals surface area contributed by atoms with E-state index in [9.17, 15) is 26.3 Å². The summed E-state index contributed by atoms with van der Waals surface area (Å²) in [4.78, 5) is 1.95. The molecular formula is C16H18F6N2. The van der Waals surface area contributed by atoms with Crippen LogP contribution < -0.4 is 5.32 Å². The summed E-state index contributed by atoms with van der Waals surface area (Å²) in [6.07, 6.45) is -7.72. The molecule has 2 unspecified atom stereocenters. The summed E-state index contributed by atoms with van der Waals surface area (Å²) in [6, 6.07) is 2.26. The van der Waals surface area contributed by atoms with Crippen LogP contribution in [0.2, 0.25) is 0 Å². The Kier molecular flexibility index (Phi) is 4.55. The van der Waals surface area contributed by atoms with Gasteiger partial charge in [0.1, 0.15) is 0 Å². The topological polar surface area (TPSA) is 15.3 Å². The lowest BCUT2D eigenvalue weighted by Crippen LogP contribution is -2.43. The molecule has 134 valence electrons. The number of nitrogens with zero attached hydrogens (tertiary/aromatic N) is 1. The molecule has 0 aliphatic carbocycles. The molecule has 0 amide bonds. The lowest BCUT2D eigenvalue weighted by atomic mass is 9.93. The van der Waals surface area contributed by atoms with Crippen LogP contribution in [0.5, 0.6) is 0 Å². The number of rotatable bonds is 2. The first-order valence-electron chi connectivity index (χ1n) is 7.87. The lowest BCUT2D eigenvalue weighted by Gasteiger charge is -2.35. The molecule has 2 saturated heterocycles. The number of nitrogens with one attached hydrogen (secondary N) is 1. The van der Waals surface area contributed by atoms with Crippen molar-refractivity contribution in [2.24, 2.45) is 5.92 Å². The Morgan fingerprint density at radius 1 is 0.958 bits per heavy atom. The summed E-state index contributed by atoms with van der Waals surface area (Å²) >= 11 is 0. The lowest BCUT2D eigenvalue weighted by molar-refractivity contribution is -0.143. The summed E-state index contributed by atoms with van der Waals surface area (Å²) in [5.74, 6) is 0.423. The van der Waals surface area contributed by atoms with Gasteiger partial charge in [-0.2, -0.15) is 26.3 Å². The first-order chi connectivity index (χ1) is 11.1. The first kappa shape index (κ1) is 17.5. The SMILES string of the molecule is FC(F)(F)c1cc(CN2CCC3NCCC3C2)cc(C(F)(F)F)c1. The second kappa shape index (κ2) is 6.22. The molecule has 8 heteroatoms. The number of fused-ring (bicyclic) bond motifs is 1. The summed E-state index contributed by atoms with van der Waals surface area (Å²) < 4.78 is 77.4. The van der Waals surface area contributed by atoms with Crippen molar-refractivity contribution >= 4 is 0 Å². The van der Waals surface area contributed by atoms with Gasteiger partial charge in [-0.15, -0.1) is 0 Å². The number of benzene rings is 1. The highest BCUT2D eigenvalue weighted by Crippen LogP contribution is 2.37. The van der Waals surface area contributed by atoms with Crippen molar-refractivity contribution in [2.45, 2.75) is 37.8 Å². The standard InChI is InChI=1S/C16H18F6N2/c17-15(18,19)12-5-10(6-13(7-12)16(20,21)22)8-24-4-2-14-11(9-24)1-3-23-14/h5-7,11,14,23H,1-4,8-9H2. The molecule has 2 heterocycles. The fourth-order valence-corrected chi connectivity index (χ4v) is 3.64. The van der Waals surface area contributed by atoms with E-state index in [4.69, 9.17) is 0 Å². The van der Waals surface area contributed by atoms with Crippen LogP contribution in [0.1, 0.15) is 29.5 Å². The molecule has 0 aromatic heterocycles. The molecule has 1 N–H and O–H groups in total. The third-order valence-electron chi connectivity index (χ3n) is 4.79. The van der Waals surface area contributed by atoms with Crippen molar-refractivity contribution in [3.05, 3.63) is 34.9 Å². The highest BCUT2D eigenvalue weighted by molar-refractivity contribution is 5.33. The van der Waals surface area contributed by atoms with Crippen molar-refractivity contribution < 1.29 is 26.3 Å². The molecule has 2 atom stereocenters. The largest absolute Gasteiger partial charge is 0.416 e. The third-order valence-corrected chi connectivity index (χ3v) is 4.79. The predicted molar refractivity (Wildman–Crippen MR) is 76.2 cm³/mol. The Bertz CT molecular complexity index is 563. The molecule has 2 nitrogen and oxygen atoms in total. The van der Waals surface area contributed by atoms with Crippen molar-refractivity contribution in [2.75, 3.05) is 19.6 Å². The second-order valence-electron chi connectivity index (χ2n) is 6.55. The van der Waals surface area contributed by atoms with Crippen molar-refractivity contribution in [3.8, 4) is 0 Å². The minimum atomic E-state index is -4.79. The van der Waals surface area contributed by atoms with E-state index in [0.29, 0.717) is 25.0 Å². The van der Waals surface area contributed by atoms with E-state index >= 15 is 0 Å². The molecule has 0 bridgehead atoms. The monoisotopic (exact) mass is 352 g/mol. The maximum absolute atomic E-state index is 12.9. The third kappa shape index (κ3) is 3.85. The number of piperidine rings is 1. The van der Waals surface area contributed by atoms with Crippen LogP contribution in [0, 0.1) is 5.92 Å². The van der Waals surface area contributed by atoms with E-state index in [2.05, 4.69) is 5.32 Å². The van der Waals surface area contributed by atoms with Gasteiger partial charge in [-0.1, -0.05) is 0 Å². The van der Waals surface area contributed by atoms with E-state index in [1.54, 1.807) is 0 Å². The number of hydrogen-bond donors (Lipinski definition) is 1. The molecule has 1 aromatic carbocycles. The molecule has 0 spiro atoms. The Balaban J connectivity index is 1.81. The number of likely N-dealkylation sites (tertiary alicyclic amines) is 1. The van der Waals surface area contributed by atoms with E-state index in [-0.39, 0.29) is 18.2 Å². The summed E-state index contributed by atoms with van der Waals surface area (Å²) in [6.45, 7) is 2.40. The first-order valence-corrected chi connectivity index (χ1v) is 7.87. The molecule has 1 aromatic rings. The van der Waals surface area contributed by atoms with E-state index in [1.807, 2.05) is 4.90 Å². The van der Waals surface area contributed by atoms with Gasteiger partial charge >= 0.3 is 12.4 Å². The van der Waals surface area contributed by atoms with Crippen LogP contribution in [0.25, 0.3) is 0 Å². The van der Waals surface area contributed by atoms with Gasteiger partial charge in [0.15, 0.2) is 0 Å². The van der Waals surface area contributed by atoms with E-state index in [0.717, 1.165) is 31.5 Å². The smallest absolute Gasteiger partial charge is 0.314 e. The normalized spacial score (nSPS) is 25.8. The average molecular weight is 352 g/mol. The Morgan fingerprint density at radius 2 is 1.58 bits per heavy atom. The fraction of sp³-hybridized carbons (Fsp3) is 0.625. The molecule has 0 saturated carbocycles. The molecule has 0 radical (unpaired) electrons. The zero-order chi connectivity index (χ0) is 17.5. The predicted octanol–water partition coefficient (Wildman–Crippen LogP) is 3.91. The van der Waals surface area contributed by atoms with E-state index in [1.165, 1.54) is 0 Å². The molecule has 24 heavy (non-hydrogen) atoms. The minimum Gasteiger partial charge on any atom is -0.314 e. The van der Waals surface area contributed by atoms with Crippen LogP contribution in [-0.4, -0.2) is 30.6 Å². The van der Waals surface area contributed by atoms with Gasteiger partial charge in [0.2, 0.25) is 0 Å². The zero-order valence-corrected chi connectivity index (χ0v) is 12.8. The quantitative estimate of drug-likeness (QED) is 0.812. The highest BCUT2D eigenvalue weighted by Gasteiger charge is 2.37. The van der Waals surface area contributed by atoms with Crippen LogP contribution in [0.15, 0.2) is 18.2 Å². The van der Waals surface area contributed by atoms with Crippen LogP contribution in [0.3, 0.4) is 0 Å². The highest BCUT2D eigenvalue weighted by atomic mass is 19.4. The van der Waals surface area contributed by atoms with Crippen molar-refractivity contribution in [1.82, 2.24) is 10.2 Å². The van der Waals surface area contributed by atoms with Crippen LogP contribution >= 0.6 is 0 Å². The molecular weight excluding hydrogens is 334 g/mol. The van der Waals surface area contributed by atoms with Gasteiger partial charge in [0.05, 0.1) is 11.1 Å². The summed E-state index contributed by atoms with van der Waals surface area (Å²) in [5, 5.41) is 3.38. The number of hydrogen-bond acceptors (Lipinski definition) is 2.